The summed E-state index contributed by atoms with van der Waals surface area (Å²) in [6, 6.07) is 7.95. The molecule has 3 nitrogen and oxygen atoms in total. The molecular formula is C14H12NO2-. The van der Waals surface area contributed by atoms with E-state index in [0.717, 1.165) is 22.5 Å². The van der Waals surface area contributed by atoms with Gasteiger partial charge in [0.25, 0.3) is 0 Å². The van der Waals surface area contributed by atoms with Crippen molar-refractivity contribution in [2.24, 2.45) is 0 Å². The van der Waals surface area contributed by atoms with Crippen molar-refractivity contribution in [1.82, 2.24) is 4.98 Å². The van der Waals surface area contributed by atoms with Crippen LogP contribution in [-0.4, -0.2) is 11.0 Å². The number of hydrogen-bond donors (Lipinski definition) is 1. The van der Waals surface area contributed by atoms with Crippen LogP contribution in [0.5, 0.6) is 0 Å². The van der Waals surface area contributed by atoms with Crippen LogP contribution < -0.4 is 5.11 Å². The maximum absolute atomic E-state index is 10.4. The lowest BCUT2D eigenvalue weighted by molar-refractivity contribution is -0.297. The molecule has 0 unspecified atom stereocenters. The number of aliphatic carboxylic acids is 1. The highest BCUT2D eigenvalue weighted by Gasteiger charge is 1.98. The smallest absolute Gasteiger partial charge is 0.0645 e. The Morgan fingerprint density at radius 1 is 1.35 bits per heavy atom. The maximum atomic E-state index is 10.4. The molecule has 17 heavy (non-hydrogen) atoms. The van der Waals surface area contributed by atoms with Crippen molar-refractivity contribution >= 4 is 22.9 Å². The second-order valence-electron chi connectivity index (χ2n) is 3.83. The molecule has 0 saturated heterocycles. The van der Waals surface area contributed by atoms with E-state index < -0.39 is 5.97 Å². The number of fused-ring (bicyclic) bond motifs is 1. The zero-order valence-corrected chi connectivity index (χ0v) is 9.44. The Morgan fingerprint density at radius 2 is 2.12 bits per heavy atom. The van der Waals surface area contributed by atoms with E-state index in [1.807, 2.05) is 36.5 Å². The lowest BCUT2D eigenvalue weighted by Gasteiger charge is -1.95. The van der Waals surface area contributed by atoms with Crippen LogP contribution in [0.4, 0.5) is 0 Å². The number of allylic oxidation sites excluding steroid dienone is 2. The molecule has 1 aromatic carbocycles. The number of carbonyl (C=O) groups excluding carboxylic acids is 1. The number of benzene rings is 1. The van der Waals surface area contributed by atoms with Gasteiger partial charge in [-0.05, 0) is 30.2 Å². The highest BCUT2D eigenvalue weighted by Crippen LogP contribution is 2.19. The van der Waals surface area contributed by atoms with Crippen molar-refractivity contribution in [2.75, 3.05) is 0 Å². The van der Waals surface area contributed by atoms with Crippen LogP contribution >= 0.6 is 0 Å². The van der Waals surface area contributed by atoms with Gasteiger partial charge in [0.1, 0.15) is 0 Å². The van der Waals surface area contributed by atoms with E-state index in [1.54, 1.807) is 13.0 Å². The molecule has 0 amide bonds. The molecule has 0 aliphatic heterocycles. The molecule has 0 fully saturated rings. The first-order valence-corrected chi connectivity index (χ1v) is 5.30. The Morgan fingerprint density at radius 3 is 2.88 bits per heavy atom. The number of aromatic amines is 1. The van der Waals surface area contributed by atoms with Crippen molar-refractivity contribution in [3.8, 4) is 0 Å². The second-order valence-corrected chi connectivity index (χ2v) is 3.83. The molecule has 2 rings (SSSR count). The highest BCUT2D eigenvalue weighted by atomic mass is 16.4. The van der Waals surface area contributed by atoms with Crippen LogP contribution in [0.2, 0.25) is 0 Å². The van der Waals surface area contributed by atoms with Gasteiger partial charge in [0, 0.05) is 17.1 Å². The zero-order chi connectivity index (χ0) is 12.3. The van der Waals surface area contributed by atoms with Crippen LogP contribution in [0.3, 0.4) is 0 Å². The summed E-state index contributed by atoms with van der Waals surface area (Å²) in [6.45, 7) is 1.72. The normalized spacial score (nSPS) is 12.4. The maximum Gasteiger partial charge on any atom is 0.0645 e. The lowest BCUT2D eigenvalue weighted by Crippen LogP contribution is -2.19. The van der Waals surface area contributed by atoms with Crippen LogP contribution in [0.25, 0.3) is 17.0 Å². The summed E-state index contributed by atoms with van der Waals surface area (Å²) >= 11 is 0. The minimum atomic E-state index is -1.17. The van der Waals surface area contributed by atoms with Crippen molar-refractivity contribution < 1.29 is 9.90 Å². The van der Waals surface area contributed by atoms with Gasteiger partial charge in [-0.2, -0.15) is 0 Å². The summed E-state index contributed by atoms with van der Waals surface area (Å²) in [7, 11) is 0. The Labute approximate surface area is 99.1 Å². The summed E-state index contributed by atoms with van der Waals surface area (Å²) < 4.78 is 0. The Balaban J connectivity index is 2.30. The number of aromatic nitrogens is 1. The molecule has 86 valence electrons. The van der Waals surface area contributed by atoms with Gasteiger partial charge in [-0.1, -0.05) is 30.4 Å². The van der Waals surface area contributed by atoms with Gasteiger partial charge in [0.15, 0.2) is 0 Å². The number of nitrogens with one attached hydrogen (secondary N) is 1. The first kappa shape index (κ1) is 11.2. The SMILES string of the molecule is CC(/C=C\c1c[nH]c2ccccc12)=C/C(=O)[O-]. The van der Waals surface area contributed by atoms with E-state index in [1.165, 1.54) is 0 Å². The van der Waals surface area contributed by atoms with Crippen molar-refractivity contribution in [3.05, 3.63) is 53.8 Å². The fraction of sp³-hybridized carbons (Fsp3) is 0.0714. The summed E-state index contributed by atoms with van der Waals surface area (Å²) in [5.74, 6) is -1.17. The van der Waals surface area contributed by atoms with Crippen molar-refractivity contribution in [1.29, 1.82) is 0 Å². The molecule has 2 aromatic rings. The molecule has 1 N–H and O–H groups in total. The van der Waals surface area contributed by atoms with Crippen LogP contribution in [0, 0.1) is 0 Å². The second kappa shape index (κ2) is 4.70. The zero-order valence-electron chi connectivity index (χ0n) is 9.44. The van der Waals surface area contributed by atoms with E-state index in [-0.39, 0.29) is 0 Å². The summed E-state index contributed by atoms with van der Waals surface area (Å²) in [5, 5.41) is 11.5. The van der Waals surface area contributed by atoms with Crippen molar-refractivity contribution in [2.45, 2.75) is 6.92 Å². The van der Waals surface area contributed by atoms with E-state index >= 15 is 0 Å². The first-order valence-electron chi connectivity index (χ1n) is 5.30. The average molecular weight is 226 g/mol. The van der Waals surface area contributed by atoms with Gasteiger partial charge in [-0.15, -0.1) is 0 Å². The highest BCUT2D eigenvalue weighted by molar-refractivity contribution is 5.89. The molecule has 1 aromatic heterocycles. The van der Waals surface area contributed by atoms with E-state index in [0.29, 0.717) is 5.57 Å². The third-order valence-electron chi connectivity index (χ3n) is 2.49. The van der Waals surface area contributed by atoms with Gasteiger partial charge >= 0.3 is 0 Å². The number of carboxylic acids is 1. The standard InChI is InChI=1S/C14H13NO2/c1-10(8-14(16)17)6-7-11-9-15-13-5-3-2-4-12(11)13/h2-9,15H,1H3,(H,16,17)/p-1/b7-6-,10-8-. The van der Waals surface area contributed by atoms with Crippen LogP contribution in [-0.2, 0) is 4.79 Å². The van der Waals surface area contributed by atoms with Gasteiger partial charge in [0.2, 0.25) is 0 Å². The largest absolute Gasteiger partial charge is 0.545 e. The van der Waals surface area contributed by atoms with Gasteiger partial charge in [0.05, 0.1) is 5.97 Å². The first-order chi connectivity index (χ1) is 8.16. The quantitative estimate of drug-likeness (QED) is 0.641. The summed E-state index contributed by atoms with van der Waals surface area (Å²) in [4.78, 5) is 13.5. The van der Waals surface area contributed by atoms with Crippen molar-refractivity contribution in [3.63, 3.8) is 0 Å². The monoisotopic (exact) mass is 226 g/mol. The van der Waals surface area contributed by atoms with E-state index in [2.05, 4.69) is 4.98 Å². The number of carboxylic acid groups (broad SMARTS) is 1. The predicted octanol–water partition coefficient (Wildman–Crippen LogP) is 1.88. The third-order valence-corrected chi connectivity index (χ3v) is 2.49. The van der Waals surface area contributed by atoms with Gasteiger partial charge in [-0.25, -0.2) is 0 Å². The minimum Gasteiger partial charge on any atom is -0.545 e. The number of carbonyl (C=O) groups is 1. The van der Waals surface area contributed by atoms with Gasteiger partial charge < -0.3 is 14.9 Å². The molecule has 0 saturated carbocycles. The molecule has 0 atom stereocenters. The Hall–Kier alpha value is -2.29. The number of H-pyrrole nitrogens is 1. The summed E-state index contributed by atoms with van der Waals surface area (Å²) in [6.07, 6.45) is 6.61. The molecule has 0 bridgehead atoms. The molecule has 1 heterocycles. The minimum absolute atomic E-state index is 0.648. The Kier molecular flexibility index (Phi) is 3.10. The number of hydrogen-bond acceptors (Lipinski definition) is 2. The molecule has 0 aliphatic rings. The van der Waals surface area contributed by atoms with E-state index in [4.69, 9.17) is 0 Å². The molecular weight excluding hydrogens is 214 g/mol. The number of para-hydroxylation sites is 1. The fourth-order valence-corrected chi connectivity index (χ4v) is 1.69. The molecule has 0 radical (unpaired) electrons. The number of rotatable bonds is 3. The Bertz CT molecular complexity index is 605. The molecule has 3 heteroatoms. The van der Waals surface area contributed by atoms with Crippen LogP contribution in [0.1, 0.15) is 12.5 Å². The summed E-state index contributed by atoms with van der Waals surface area (Å²) in [5.41, 5.74) is 2.75. The van der Waals surface area contributed by atoms with Gasteiger partial charge in [-0.3, -0.25) is 0 Å². The van der Waals surface area contributed by atoms with E-state index in [9.17, 15) is 9.90 Å². The average Bonchev–Trinajstić information content (AvgIpc) is 2.69. The lowest BCUT2D eigenvalue weighted by atomic mass is 10.1. The van der Waals surface area contributed by atoms with Crippen LogP contribution in [0.15, 0.2) is 48.2 Å². The fourth-order valence-electron chi connectivity index (χ4n) is 1.69. The topological polar surface area (TPSA) is 55.9 Å². The molecule has 0 aliphatic carbocycles. The molecule has 0 spiro atoms. The third kappa shape index (κ3) is 2.64. The predicted molar refractivity (Wildman–Crippen MR) is 66.1 cm³/mol.